The molecule has 0 spiro atoms. The van der Waals surface area contributed by atoms with Crippen LogP contribution in [-0.2, 0) is 33.4 Å². The Morgan fingerprint density at radius 2 is 1.16 bits per heavy atom. The van der Waals surface area contributed by atoms with Gasteiger partial charge in [-0.1, -0.05) is 53.7 Å². The predicted molar refractivity (Wildman–Crippen MR) is 263 cm³/mol. The number of carbonyl (C=O) groups excluding carboxylic acids is 6. The monoisotopic (exact) mass is 947 g/mol. The molecule has 0 aromatic heterocycles. The van der Waals surface area contributed by atoms with Gasteiger partial charge in [0.25, 0.3) is 11.8 Å². The highest BCUT2D eigenvalue weighted by Gasteiger charge is 2.36. The van der Waals surface area contributed by atoms with Crippen molar-refractivity contribution in [3.63, 3.8) is 0 Å². The van der Waals surface area contributed by atoms with E-state index in [1.54, 1.807) is 18.2 Å². The van der Waals surface area contributed by atoms with Crippen LogP contribution in [0.2, 0.25) is 0 Å². The molecule has 2 aromatic rings. The Labute approximate surface area is 403 Å². The number of anilines is 2. The van der Waals surface area contributed by atoms with Crippen molar-refractivity contribution in [1.29, 1.82) is 0 Å². The van der Waals surface area contributed by atoms with E-state index >= 15 is 0 Å². The van der Waals surface area contributed by atoms with Crippen molar-refractivity contribution in [3.8, 4) is 0 Å². The number of likely N-dealkylation sites (N-methyl/N-ethyl adjacent to an activating group) is 1. The Bertz CT molecular complexity index is 1970. The number of amides is 4. The maximum atomic E-state index is 13.1. The van der Waals surface area contributed by atoms with Crippen molar-refractivity contribution in [2.24, 2.45) is 23.7 Å². The molecule has 0 saturated carbocycles. The fourth-order valence-corrected chi connectivity index (χ4v) is 8.88. The number of carbonyl (C=O) groups is 6. The first kappa shape index (κ1) is 54.0. The normalized spacial score (nSPS) is 22.4. The van der Waals surface area contributed by atoms with Gasteiger partial charge in [-0.2, -0.15) is 0 Å². The first-order valence-corrected chi connectivity index (χ1v) is 24.8. The molecular weight excluding hydrogens is 869 g/mol. The average molecular weight is 947 g/mol. The lowest BCUT2D eigenvalue weighted by atomic mass is 9.91. The number of rotatable bonds is 19. The van der Waals surface area contributed by atoms with E-state index in [1.165, 1.54) is 0 Å². The van der Waals surface area contributed by atoms with Gasteiger partial charge in [0.2, 0.25) is 11.8 Å². The highest BCUT2D eigenvalue weighted by molar-refractivity contribution is 6.00. The molecule has 6 rings (SSSR count). The Morgan fingerprint density at radius 3 is 1.66 bits per heavy atom. The molecule has 4 saturated heterocycles. The molecule has 376 valence electrons. The minimum Gasteiger partial charge on any atom is -0.384 e. The second kappa shape index (κ2) is 27.3. The fraction of sp³-hybridized carbons (Fsp3) is 0.647. The van der Waals surface area contributed by atoms with Crippen LogP contribution in [0, 0.1) is 23.7 Å². The summed E-state index contributed by atoms with van der Waals surface area (Å²) in [5.74, 6) is -1.20. The molecule has 5 N–H and O–H groups in total. The van der Waals surface area contributed by atoms with E-state index in [2.05, 4.69) is 48.3 Å². The van der Waals surface area contributed by atoms with E-state index in [9.17, 15) is 28.8 Å². The van der Waals surface area contributed by atoms with Crippen LogP contribution in [0.1, 0.15) is 87.9 Å². The largest absolute Gasteiger partial charge is 0.384 e. The van der Waals surface area contributed by atoms with E-state index in [0.29, 0.717) is 37.2 Å². The zero-order valence-corrected chi connectivity index (χ0v) is 41.5. The van der Waals surface area contributed by atoms with Crippen LogP contribution in [0.5, 0.6) is 0 Å². The van der Waals surface area contributed by atoms with Gasteiger partial charge >= 0.3 is 0 Å². The Balaban J connectivity index is 0.000000255. The first-order chi connectivity index (χ1) is 32.6. The summed E-state index contributed by atoms with van der Waals surface area (Å²) >= 11 is 0. The van der Waals surface area contributed by atoms with Crippen molar-refractivity contribution >= 4 is 46.6 Å². The van der Waals surface area contributed by atoms with E-state index < -0.39 is 24.2 Å². The number of hydrogen-bond donors (Lipinski definition) is 5. The minimum atomic E-state index is -0.728. The van der Waals surface area contributed by atoms with E-state index in [0.717, 1.165) is 89.8 Å². The number of Topliss-reactive ketones (excluding diaryl/α,β-unsaturated/α-hetero) is 2. The van der Waals surface area contributed by atoms with Crippen LogP contribution in [0.4, 0.5) is 11.4 Å². The molecule has 4 aliphatic heterocycles. The predicted octanol–water partition coefficient (Wildman–Crippen LogP) is 3.38. The molecule has 4 aliphatic rings. The van der Waals surface area contributed by atoms with Gasteiger partial charge in [-0.05, 0) is 81.0 Å². The molecule has 0 radical (unpaired) electrons. The lowest BCUT2D eigenvalue weighted by Gasteiger charge is -2.34. The number of ketones is 2. The van der Waals surface area contributed by atoms with Crippen LogP contribution in [0.15, 0.2) is 48.5 Å². The number of piperazine rings is 1. The topological polar surface area (TPSA) is 200 Å². The van der Waals surface area contributed by atoms with E-state index in [-0.39, 0.29) is 72.1 Å². The zero-order valence-electron chi connectivity index (χ0n) is 41.5. The van der Waals surface area contributed by atoms with Gasteiger partial charge < -0.3 is 50.6 Å². The summed E-state index contributed by atoms with van der Waals surface area (Å²) in [7, 11) is 2.11. The standard InChI is InChI=1S/C26H40N4O5.C25H38N4O4/c1-4-19-16-35-17-23(31)24(19)29-26(33)22(14-18(2)3)28-25(32)20-6-5-7-21(15-20)27-8-9-30-10-12-34-13-11-30;1-5-18-15-33-16-22(30)23(18)27-25(32)21(13-17(2)3)26-24(31)19-7-6-8-20(14-19)29-11-9-28(4)10-12-29/h5-7,15,18-19,22,24,27H,4,8-14,16-17H2,1-3H3,(H,28,32)(H,29,33);6-8,14,17-18,21,23H,5,9-13,15-16H2,1-4H3,(H,26,31)(H,27,32)/t19-,22+,24+;18-,21+,23+/m11/s1. The van der Waals surface area contributed by atoms with E-state index in [4.69, 9.17) is 14.2 Å². The van der Waals surface area contributed by atoms with E-state index in [1.807, 2.05) is 71.9 Å². The average Bonchev–Trinajstić information content (AvgIpc) is 3.33. The number of nitrogens with zero attached hydrogens (tertiary/aromatic N) is 3. The van der Waals surface area contributed by atoms with Gasteiger partial charge in [-0.3, -0.25) is 33.7 Å². The zero-order chi connectivity index (χ0) is 49.2. The lowest BCUT2D eigenvalue weighted by Crippen LogP contribution is -2.56. The highest BCUT2D eigenvalue weighted by atomic mass is 16.5. The SMILES string of the molecule is CC[C@@H]1COCC(=O)[C@H]1NC(=O)[C@H](CC(C)C)NC(=O)c1cccc(N2CCN(C)CC2)c1.CC[C@@H]1COCC(=O)[C@H]1NC(=O)[C@H](CC(C)C)NC(=O)c1cccc(NCCN2CCOCC2)c1. The van der Waals surface area contributed by atoms with Gasteiger partial charge in [-0.15, -0.1) is 0 Å². The summed E-state index contributed by atoms with van der Waals surface area (Å²) in [6.07, 6.45) is 2.42. The molecule has 6 atom stereocenters. The maximum absolute atomic E-state index is 13.1. The molecule has 4 amide bonds. The molecule has 4 heterocycles. The number of morpholine rings is 1. The van der Waals surface area contributed by atoms with Gasteiger partial charge in [-0.25, -0.2) is 0 Å². The Kier molecular flexibility index (Phi) is 21.7. The number of ether oxygens (including phenoxy) is 3. The molecule has 2 aromatic carbocycles. The van der Waals surface area contributed by atoms with Crippen molar-refractivity contribution in [3.05, 3.63) is 59.7 Å². The van der Waals surface area contributed by atoms with Gasteiger partial charge in [0.05, 0.1) is 38.5 Å². The van der Waals surface area contributed by atoms with Crippen LogP contribution >= 0.6 is 0 Å². The minimum absolute atomic E-state index is 0.00792. The van der Waals surface area contributed by atoms with Crippen LogP contribution in [0.25, 0.3) is 0 Å². The molecule has 17 nitrogen and oxygen atoms in total. The smallest absolute Gasteiger partial charge is 0.252 e. The quantitative estimate of drug-likeness (QED) is 0.138. The first-order valence-electron chi connectivity index (χ1n) is 24.8. The fourth-order valence-electron chi connectivity index (χ4n) is 8.88. The van der Waals surface area contributed by atoms with Crippen LogP contribution in [0.3, 0.4) is 0 Å². The summed E-state index contributed by atoms with van der Waals surface area (Å²) < 4.78 is 16.0. The van der Waals surface area contributed by atoms with Gasteiger partial charge in [0.1, 0.15) is 25.3 Å². The van der Waals surface area contributed by atoms with Gasteiger partial charge in [0.15, 0.2) is 11.6 Å². The molecule has 0 bridgehead atoms. The summed E-state index contributed by atoms with van der Waals surface area (Å²) in [5, 5.41) is 15.0. The number of nitrogens with one attached hydrogen (secondary N) is 5. The summed E-state index contributed by atoms with van der Waals surface area (Å²) in [5.41, 5.74) is 2.88. The second-order valence-electron chi connectivity index (χ2n) is 19.4. The number of hydrogen-bond acceptors (Lipinski definition) is 13. The third kappa shape index (κ3) is 16.6. The molecule has 4 fully saturated rings. The lowest BCUT2D eigenvalue weighted by molar-refractivity contribution is -0.138. The van der Waals surface area contributed by atoms with Gasteiger partial charge in [0, 0.05) is 86.7 Å². The Morgan fingerprint density at radius 1 is 0.662 bits per heavy atom. The molecular formula is C51H78N8O9. The maximum Gasteiger partial charge on any atom is 0.252 e. The van der Waals surface area contributed by atoms with Crippen molar-refractivity contribution in [2.45, 2.75) is 91.4 Å². The molecule has 68 heavy (non-hydrogen) atoms. The second-order valence-corrected chi connectivity index (χ2v) is 19.4. The summed E-state index contributed by atoms with van der Waals surface area (Å²) in [6.45, 7) is 21.7. The van der Waals surface area contributed by atoms with Crippen molar-refractivity contribution < 1.29 is 43.0 Å². The summed E-state index contributed by atoms with van der Waals surface area (Å²) in [4.78, 5) is 84.1. The summed E-state index contributed by atoms with van der Waals surface area (Å²) in [6, 6.07) is 12.3. The highest BCUT2D eigenvalue weighted by Crippen LogP contribution is 2.21. The van der Waals surface area contributed by atoms with Crippen molar-refractivity contribution in [1.82, 2.24) is 31.1 Å². The molecule has 0 unspecified atom stereocenters. The van der Waals surface area contributed by atoms with Crippen molar-refractivity contribution in [2.75, 3.05) is 109 Å². The number of benzene rings is 2. The molecule has 0 aliphatic carbocycles. The third-order valence-corrected chi connectivity index (χ3v) is 13.1. The van der Waals surface area contributed by atoms with Crippen LogP contribution < -0.4 is 31.5 Å². The van der Waals surface area contributed by atoms with Crippen LogP contribution in [-0.4, -0.2) is 168 Å². The molecule has 17 heteroatoms. The Hall–Kier alpha value is -4.94. The third-order valence-electron chi connectivity index (χ3n) is 13.1.